The van der Waals surface area contributed by atoms with Crippen LogP contribution in [0.5, 0.6) is 0 Å². The molecule has 0 saturated carbocycles. The van der Waals surface area contributed by atoms with Crippen LogP contribution in [0.25, 0.3) is 0 Å². The van der Waals surface area contributed by atoms with Crippen molar-refractivity contribution in [2.24, 2.45) is 0 Å². The van der Waals surface area contributed by atoms with E-state index in [1.165, 1.54) is 6.07 Å². The van der Waals surface area contributed by atoms with E-state index in [1.54, 1.807) is 0 Å². The number of rotatable bonds is 4. The molecular formula is C14H8ClF3O2S. The normalized spacial score (nSPS) is 12.2. The third-order valence-corrected chi connectivity index (χ3v) is 4.25. The number of Topliss-reactive ketones (excluding diaryl/α,β-unsaturated/α-hetero) is 1. The zero-order valence-corrected chi connectivity index (χ0v) is 12.0. The van der Waals surface area contributed by atoms with Crippen LogP contribution in [-0.2, 0) is 10.8 Å². The molecule has 2 nitrogen and oxygen atoms in total. The summed E-state index contributed by atoms with van der Waals surface area (Å²) in [6.45, 7) is 0. The van der Waals surface area contributed by atoms with Gasteiger partial charge >= 0.3 is 0 Å². The first kappa shape index (κ1) is 15.7. The van der Waals surface area contributed by atoms with Gasteiger partial charge in [-0.1, -0.05) is 11.6 Å². The standard InChI is InChI=1S/C14H8ClF3O2S/c15-10-6-9(2-4-11(10)16)21(20)7-14(19)8-1-3-12(17)13(18)5-8/h1-6H,7H2. The van der Waals surface area contributed by atoms with Crippen molar-refractivity contribution in [1.82, 2.24) is 0 Å². The van der Waals surface area contributed by atoms with Crippen LogP contribution in [0.4, 0.5) is 13.2 Å². The number of hydrogen-bond acceptors (Lipinski definition) is 2. The Morgan fingerprint density at radius 3 is 2.29 bits per heavy atom. The second kappa shape index (κ2) is 6.41. The fourth-order valence-corrected chi connectivity index (χ4v) is 2.86. The molecule has 0 N–H and O–H groups in total. The molecule has 21 heavy (non-hydrogen) atoms. The van der Waals surface area contributed by atoms with Crippen LogP contribution in [0, 0.1) is 17.5 Å². The molecule has 1 unspecified atom stereocenters. The lowest BCUT2D eigenvalue weighted by Crippen LogP contribution is -2.11. The van der Waals surface area contributed by atoms with Gasteiger partial charge in [0, 0.05) is 10.5 Å². The summed E-state index contributed by atoms with van der Waals surface area (Å²) in [6.07, 6.45) is 0. The maximum absolute atomic E-state index is 13.0. The van der Waals surface area contributed by atoms with Gasteiger partial charge in [-0.25, -0.2) is 13.2 Å². The summed E-state index contributed by atoms with van der Waals surface area (Å²) in [6, 6.07) is 6.11. The van der Waals surface area contributed by atoms with Crippen molar-refractivity contribution in [3.05, 3.63) is 64.4 Å². The first-order valence-electron chi connectivity index (χ1n) is 5.70. The molecular weight excluding hydrogens is 325 g/mol. The average Bonchev–Trinajstić information content (AvgIpc) is 2.44. The second-order valence-corrected chi connectivity index (χ2v) is 5.98. The molecule has 1 atom stereocenters. The van der Waals surface area contributed by atoms with E-state index in [4.69, 9.17) is 11.6 Å². The Bertz CT molecular complexity index is 673. The summed E-state index contributed by atoms with van der Waals surface area (Å²) in [5, 5.41) is -0.207. The van der Waals surface area contributed by atoms with Crippen LogP contribution in [0.2, 0.25) is 5.02 Å². The van der Waals surface area contributed by atoms with Crippen LogP contribution >= 0.6 is 11.6 Å². The van der Waals surface area contributed by atoms with Crippen LogP contribution in [0.1, 0.15) is 10.4 Å². The van der Waals surface area contributed by atoms with Gasteiger partial charge in [0.05, 0.1) is 21.6 Å². The minimum absolute atomic E-state index is 0.0875. The van der Waals surface area contributed by atoms with Gasteiger partial charge in [-0.05, 0) is 36.4 Å². The number of benzene rings is 2. The van der Waals surface area contributed by atoms with E-state index >= 15 is 0 Å². The maximum Gasteiger partial charge on any atom is 0.175 e. The Hall–Kier alpha value is -1.66. The highest BCUT2D eigenvalue weighted by molar-refractivity contribution is 7.85. The van der Waals surface area contributed by atoms with Gasteiger partial charge in [0.2, 0.25) is 0 Å². The van der Waals surface area contributed by atoms with E-state index < -0.39 is 39.8 Å². The van der Waals surface area contributed by atoms with Gasteiger partial charge in [-0.3, -0.25) is 9.00 Å². The van der Waals surface area contributed by atoms with Crippen molar-refractivity contribution in [3.8, 4) is 0 Å². The number of hydrogen-bond donors (Lipinski definition) is 0. The first-order valence-corrected chi connectivity index (χ1v) is 7.40. The van der Waals surface area contributed by atoms with Gasteiger partial charge in [-0.15, -0.1) is 0 Å². The summed E-state index contributed by atoms with van der Waals surface area (Å²) in [4.78, 5) is 12.0. The van der Waals surface area contributed by atoms with E-state index in [1.807, 2.05) is 0 Å². The molecule has 0 radical (unpaired) electrons. The molecule has 0 amide bonds. The Balaban J connectivity index is 2.16. The summed E-state index contributed by atoms with van der Waals surface area (Å²) in [5.74, 6) is -3.95. The van der Waals surface area contributed by atoms with Crippen LogP contribution in [0.3, 0.4) is 0 Å². The van der Waals surface area contributed by atoms with Gasteiger partial charge in [0.15, 0.2) is 17.4 Å². The van der Waals surface area contributed by atoms with Gasteiger partial charge in [-0.2, -0.15) is 0 Å². The molecule has 0 bridgehead atoms. The third-order valence-electron chi connectivity index (χ3n) is 2.66. The third kappa shape index (κ3) is 3.71. The number of ketones is 1. The second-order valence-electron chi connectivity index (χ2n) is 4.12. The summed E-state index contributed by atoms with van der Waals surface area (Å²) in [5.41, 5.74) is -0.0875. The number of carbonyl (C=O) groups excluding carboxylic acids is 1. The molecule has 0 aromatic heterocycles. The van der Waals surface area contributed by atoms with Crippen molar-refractivity contribution < 1.29 is 22.2 Å². The van der Waals surface area contributed by atoms with E-state index in [9.17, 15) is 22.2 Å². The maximum atomic E-state index is 13.0. The van der Waals surface area contributed by atoms with Gasteiger partial charge in [0.1, 0.15) is 5.82 Å². The molecule has 2 aromatic carbocycles. The van der Waals surface area contributed by atoms with Crippen molar-refractivity contribution in [3.63, 3.8) is 0 Å². The lowest BCUT2D eigenvalue weighted by molar-refractivity contribution is 0.102. The van der Waals surface area contributed by atoms with Crippen molar-refractivity contribution in [2.45, 2.75) is 4.90 Å². The fourth-order valence-electron chi connectivity index (χ4n) is 1.57. The summed E-state index contributed by atoms with van der Waals surface area (Å²) >= 11 is 5.56. The molecule has 0 spiro atoms. The molecule has 0 aliphatic rings. The minimum Gasteiger partial charge on any atom is -0.293 e. The highest BCUT2D eigenvalue weighted by Gasteiger charge is 2.15. The van der Waals surface area contributed by atoms with Gasteiger partial charge < -0.3 is 0 Å². The predicted octanol–water partition coefficient (Wildman–Crippen LogP) is 3.75. The highest BCUT2D eigenvalue weighted by atomic mass is 35.5. The Morgan fingerprint density at radius 2 is 1.67 bits per heavy atom. The topological polar surface area (TPSA) is 34.1 Å². The molecule has 7 heteroatoms. The molecule has 0 heterocycles. The number of halogens is 4. The fraction of sp³-hybridized carbons (Fsp3) is 0.0714. The monoisotopic (exact) mass is 332 g/mol. The van der Waals surface area contributed by atoms with Crippen molar-refractivity contribution in [1.29, 1.82) is 0 Å². The molecule has 0 aliphatic heterocycles. The molecule has 2 rings (SSSR count). The first-order chi connectivity index (χ1) is 9.88. The summed E-state index contributed by atoms with van der Waals surface area (Å²) < 4.78 is 50.8. The highest BCUT2D eigenvalue weighted by Crippen LogP contribution is 2.19. The molecule has 2 aromatic rings. The molecule has 110 valence electrons. The Morgan fingerprint density at radius 1 is 1.00 bits per heavy atom. The van der Waals surface area contributed by atoms with Crippen molar-refractivity contribution in [2.75, 3.05) is 5.75 Å². The zero-order valence-electron chi connectivity index (χ0n) is 10.4. The van der Waals surface area contributed by atoms with E-state index in [2.05, 4.69) is 0 Å². The molecule has 0 saturated heterocycles. The Labute approximate surface area is 126 Å². The largest absolute Gasteiger partial charge is 0.293 e. The van der Waals surface area contributed by atoms with Crippen LogP contribution < -0.4 is 0 Å². The summed E-state index contributed by atoms with van der Waals surface area (Å²) in [7, 11) is -1.76. The van der Waals surface area contributed by atoms with Crippen LogP contribution in [0.15, 0.2) is 41.3 Å². The van der Waals surface area contributed by atoms with E-state index in [-0.39, 0.29) is 15.5 Å². The number of carbonyl (C=O) groups is 1. The van der Waals surface area contributed by atoms with Crippen molar-refractivity contribution >= 4 is 28.2 Å². The zero-order chi connectivity index (χ0) is 15.6. The SMILES string of the molecule is O=C(CS(=O)c1ccc(F)c(Cl)c1)c1ccc(F)c(F)c1. The van der Waals surface area contributed by atoms with E-state index in [0.29, 0.717) is 0 Å². The quantitative estimate of drug-likeness (QED) is 0.799. The van der Waals surface area contributed by atoms with E-state index in [0.717, 1.165) is 30.3 Å². The lowest BCUT2D eigenvalue weighted by atomic mass is 10.1. The van der Waals surface area contributed by atoms with Gasteiger partial charge in [0.25, 0.3) is 0 Å². The molecule has 0 aliphatic carbocycles. The average molecular weight is 333 g/mol. The predicted molar refractivity (Wildman–Crippen MR) is 73.4 cm³/mol. The van der Waals surface area contributed by atoms with Crippen LogP contribution in [-0.4, -0.2) is 15.7 Å². The lowest BCUT2D eigenvalue weighted by Gasteiger charge is -2.04. The molecule has 0 fully saturated rings. The smallest absolute Gasteiger partial charge is 0.175 e. The minimum atomic E-state index is -1.76. The Kier molecular flexibility index (Phi) is 4.80.